The maximum atomic E-state index is 8.23. The molecule has 0 saturated heterocycles. The Balaban J connectivity index is 2.33. The zero-order chi connectivity index (χ0) is 12.1. The normalized spacial score (nSPS) is 9.65. The fraction of sp³-hybridized carbons (Fsp3) is 0.222. The lowest BCUT2D eigenvalue weighted by Gasteiger charge is -1.94. The molecule has 0 radical (unpaired) electrons. The first kappa shape index (κ1) is 10.8. The minimum atomic E-state index is 0.191. The van der Waals surface area contributed by atoms with Crippen LogP contribution in [0.3, 0.4) is 0 Å². The molecule has 0 aliphatic heterocycles. The number of aromatic nitrogens is 2. The third-order valence-electron chi connectivity index (χ3n) is 2.20. The van der Waals surface area contributed by atoms with E-state index in [0.717, 1.165) is 16.6 Å². The number of hydrogen-bond donors (Lipinski definition) is 1. The molecule has 0 spiro atoms. The molecule has 0 saturated carbocycles. The van der Waals surface area contributed by atoms with Crippen molar-refractivity contribution >= 4 is 11.0 Å². The Hall–Kier alpha value is -2.69. The minimum Gasteiger partial charge on any atom is -0.342 e. The zero-order valence-corrected chi connectivity index (χ0v) is 8.78. The summed E-state index contributed by atoms with van der Waals surface area (Å²) in [4.78, 5) is 12.7. The van der Waals surface area contributed by atoms with Gasteiger partial charge in [-0.15, -0.1) is 0 Å². The van der Waals surface area contributed by atoms with Gasteiger partial charge in [0.25, 0.3) is 0 Å². The van der Waals surface area contributed by atoms with Gasteiger partial charge in [0.1, 0.15) is 5.82 Å². The number of benzene rings is 1. The van der Waals surface area contributed by atoms with Crippen molar-refractivity contribution < 1.29 is 0 Å². The Kier molecular flexibility index (Phi) is 3.11. The van der Waals surface area contributed by atoms with Gasteiger partial charge >= 0.3 is 0 Å². The first-order valence-corrected chi connectivity index (χ1v) is 4.82. The summed E-state index contributed by atoms with van der Waals surface area (Å²) in [5.41, 5.74) is 19.0. The SMILES string of the molecule is [N-]=[N+]=NCc1ccc2nc(CN=[N+]=[N-])[nH]c2c1. The van der Waals surface area contributed by atoms with Crippen molar-refractivity contribution in [3.8, 4) is 0 Å². The van der Waals surface area contributed by atoms with Crippen LogP contribution in [0.25, 0.3) is 31.9 Å². The molecule has 1 aromatic heterocycles. The lowest BCUT2D eigenvalue weighted by atomic mass is 10.2. The molecule has 8 nitrogen and oxygen atoms in total. The van der Waals surface area contributed by atoms with Gasteiger partial charge in [0, 0.05) is 9.82 Å². The first-order chi connectivity index (χ1) is 8.33. The smallest absolute Gasteiger partial charge is 0.113 e. The van der Waals surface area contributed by atoms with E-state index in [4.69, 9.17) is 11.1 Å². The molecule has 0 bridgehead atoms. The van der Waals surface area contributed by atoms with Gasteiger partial charge in [-0.3, -0.25) is 0 Å². The summed E-state index contributed by atoms with van der Waals surface area (Å²) in [7, 11) is 0. The third kappa shape index (κ3) is 2.46. The molecule has 0 fully saturated rings. The van der Waals surface area contributed by atoms with Gasteiger partial charge in [-0.25, -0.2) is 4.98 Å². The Labute approximate surface area is 95.5 Å². The molecule has 1 heterocycles. The van der Waals surface area contributed by atoms with E-state index in [1.165, 1.54) is 0 Å². The maximum Gasteiger partial charge on any atom is 0.113 e. The standard InChI is InChI=1S/C9H8N8/c10-16-12-4-6-1-2-7-8(3-6)15-9(14-7)5-13-17-11/h1-3H,4-5H2,(H,14,15). The lowest BCUT2D eigenvalue weighted by Crippen LogP contribution is -1.81. The van der Waals surface area contributed by atoms with Gasteiger partial charge in [-0.2, -0.15) is 0 Å². The number of hydrogen-bond acceptors (Lipinski definition) is 3. The van der Waals surface area contributed by atoms with Gasteiger partial charge in [0.15, 0.2) is 0 Å². The van der Waals surface area contributed by atoms with E-state index in [1.807, 2.05) is 18.2 Å². The van der Waals surface area contributed by atoms with Crippen molar-refractivity contribution in [2.45, 2.75) is 13.1 Å². The van der Waals surface area contributed by atoms with Crippen LogP contribution in [0.15, 0.2) is 28.4 Å². The number of nitrogens with one attached hydrogen (secondary N) is 1. The molecular formula is C9H8N8. The van der Waals surface area contributed by atoms with Crippen LogP contribution >= 0.6 is 0 Å². The van der Waals surface area contributed by atoms with Crippen molar-refractivity contribution in [1.82, 2.24) is 9.97 Å². The molecule has 2 rings (SSSR count). The molecule has 84 valence electrons. The first-order valence-electron chi connectivity index (χ1n) is 4.82. The zero-order valence-electron chi connectivity index (χ0n) is 8.78. The van der Waals surface area contributed by atoms with Gasteiger partial charge in [0.05, 0.1) is 24.1 Å². The number of H-pyrrole nitrogens is 1. The molecule has 17 heavy (non-hydrogen) atoms. The second kappa shape index (κ2) is 4.89. The molecule has 0 aliphatic carbocycles. The van der Waals surface area contributed by atoms with Crippen LogP contribution in [0.4, 0.5) is 0 Å². The van der Waals surface area contributed by atoms with Crippen LogP contribution < -0.4 is 0 Å². The number of fused-ring (bicyclic) bond motifs is 1. The van der Waals surface area contributed by atoms with Crippen molar-refractivity contribution in [2.24, 2.45) is 10.2 Å². The largest absolute Gasteiger partial charge is 0.342 e. The van der Waals surface area contributed by atoms with E-state index in [-0.39, 0.29) is 6.54 Å². The maximum absolute atomic E-state index is 8.23. The summed E-state index contributed by atoms with van der Waals surface area (Å²) in [5, 5.41) is 6.91. The van der Waals surface area contributed by atoms with E-state index >= 15 is 0 Å². The monoisotopic (exact) mass is 228 g/mol. The average Bonchev–Trinajstić information content (AvgIpc) is 2.75. The molecule has 0 atom stereocenters. The van der Waals surface area contributed by atoms with Gasteiger partial charge in [-0.1, -0.05) is 16.3 Å². The van der Waals surface area contributed by atoms with Crippen LogP contribution in [-0.4, -0.2) is 9.97 Å². The van der Waals surface area contributed by atoms with Crippen LogP contribution in [0.5, 0.6) is 0 Å². The van der Waals surface area contributed by atoms with Gasteiger partial charge < -0.3 is 4.98 Å². The predicted octanol–water partition coefficient (Wildman–Crippen LogP) is 3.18. The number of azide groups is 2. The van der Waals surface area contributed by atoms with E-state index < -0.39 is 0 Å². The highest BCUT2D eigenvalue weighted by Gasteiger charge is 2.02. The molecule has 0 aliphatic rings. The Morgan fingerprint density at radius 3 is 2.71 bits per heavy atom. The summed E-state index contributed by atoms with van der Waals surface area (Å²) in [6.45, 7) is 0.494. The van der Waals surface area contributed by atoms with E-state index in [0.29, 0.717) is 12.4 Å². The highest BCUT2D eigenvalue weighted by Crippen LogP contribution is 2.15. The Morgan fingerprint density at radius 1 is 1.18 bits per heavy atom. The number of aromatic amines is 1. The van der Waals surface area contributed by atoms with Crippen LogP contribution in [-0.2, 0) is 13.1 Å². The molecule has 1 aromatic carbocycles. The van der Waals surface area contributed by atoms with E-state index in [2.05, 4.69) is 30.0 Å². The number of rotatable bonds is 4. The van der Waals surface area contributed by atoms with Crippen molar-refractivity contribution in [3.63, 3.8) is 0 Å². The van der Waals surface area contributed by atoms with E-state index in [1.54, 1.807) is 0 Å². The van der Waals surface area contributed by atoms with Crippen LogP contribution in [0.2, 0.25) is 0 Å². The summed E-state index contributed by atoms with van der Waals surface area (Å²) >= 11 is 0. The van der Waals surface area contributed by atoms with Crippen molar-refractivity contribution in [1.29, 1.82) is 0 Å². The van der Waals surface area contributed by atoms with Gasteiger partial charge in [-0.05, 0) is 28.8 Å². The number of imidazole rings is 1. The summed E-state index contributed by atoms with van der Waals surface area (Å²) in [6, 6.07) is 5.53. The summed E-state index contributed by atoms with van der Waals surface area (Å²) in [6.07, 6.45) is 0. The second-order valence-corrected chi connectivity index (χ2v) is 3.31. The minimum absolute atomic E-state index is 0.191. The molecule has 8 heteroatoms. The average molecular weight is 228 g/mol. The van der Waals surface area contributed by atoms with Crippen LogP contribution in [0.1, 0.15) is 11.4 Å². The summed E-state index contributed by atoms with van der Waals surface area (Å²) < 4.78 is 0. The van der Waals surface area contributed by atoms with Crippen molar-refractivity contribution in [3.05, 3.63) is 50.5 Å². The fourth-order valence-electron chi connectivity index (χ4n) is 1.49. The highest BCUT2D eigenvalue weighted by atomic mass is 15.1. The molecule has 1 N–H and O–H groups in total. The topological polar surface area (TPSA) is 126 Å². The lowest BCUT2D eigenvalue weighted by molar-refractivity contribution is 0.946. The molecule has 2 aromatic rings. The Morgan fingerprint density at radius 2 is 1.94 bits per heavy atom. The Bertz CT molecular complexity index is 611. The molecule has 0 amide bonds. The second-order valence-electron chi connectivity index (χ2n) is 3.31. The van der Waals surface area contributed by atoms with Gasteiger partial charge in [0.2, 0.25) is 0 Å². The number of nitrogens with zero attached hydrogens (tertiary/aromatic N) is 7. The molecule has 0 unspecified atom stereocenters. The van der Waals surface area contributed by atoms with E-state index in [9.17, 15) is 0 Å². The van der Waals surface area contributed by atoms with Crippen LogP contribution in [0, 0.1) is 0 Å². The summed E-state index contributed by atoms with van der Waals surface area (Å²) in [5.74, 6) is 0.610. The molecular weight excluding hydrogens is 220 g/mol. The van der Waals surface area contributed by atoms with Crippen molar-refractivity contribution in [2.75, 3.05) is 0 Å². The predicted molar refractivity (Wildman–Crippen MR) is 61.8 cm³/mol. The third-order valence-corrected chi connectivity index (χ3v) is 2.20. The fourth-order valence-corrected chi connectivity index (χ4v) is 1.49. The quantitative estimate of drug-likeness (QED) is 0.481. The highest BCUT2D eigenvalue weighted by molar-refractivity contribution is 5.75.